The van der Waals surface area contributed by atoms with Crippen molar-refractivity contribution in [2.75, 3.05) is 7.11 Å². The molecular weight excluding hydrogens is 278 g/mol. The zero-order valence-corrected chi connectivity index (χ0v) is 13.8. The van der Waals surface area contributed by atoms with Crippen molar-refractivity contribution in [1.29, 1.82) is 0 Å². The van der Waals surface area contributed by atoms with E-state index < -0.39 is 8.07 Å². The highest BCUT2D eigenvalue weighted by Crippen LogP contribution is 2.20. The van der Waals surface area contributed by atoms with Gasteiger partial charge in [-0.1, -0.05) is 37.0 Å². The van der Waals surface area contributed by atoms with E-state index in [9.17, 15) is 0 Å². The summed E-state index contributed by atoms with van der Waals surface area (Å²) in [7, 11) is 0.201. The average Bonchev–Trinajstić information content (AvgIpc) is 2.90. The van der Waals surface area contributed by atoms with E-state index in [2.05, 4.69) is 42.1 Å². The van der Waals surface area contributed by atoms with E-state index in [1.165, 1.54) is 5.19 Å². The predicted molar refractivity (Wildman–Crippen MR) is 88.4 cm³/mol. The molecule has 0 bridgehead atoms. The SMILES string of the molecule is COc1ccc(-n2nnc3cccc([Si](C)(C)C)c32)cc1. The summed E-state index contributed by atoms with van der Waals surface area (Å²) in [6, 6.07) is 14.2. The largest absolute Gasteiger partial charge is 0.497 e. The molecule has 0 amide bonds. The van der Waals surface area contributed by atoms with Gasteiger partial charge in [0.2, 0.25) is 0 Å². The summed E-state index contributed by atoms with van der Waals surface area (Å²) in [5.74, 6) is 0.841. The van der Waals surface area contributed by atoms with Crippen LogP contribution in [0, 0.1) is 0 Å². The number of hydrogen-bond acceptors (Lipinski definition) is 3. The number of nitrogens with zero attached hydrogens (tertiary/aromatic N) is 3. The Kier molecular flexibility index (Phi) is 3.29. The smallest absolute Gasteiger partial charge is 0.119 e. The van der Waals surface area contributed by atoms with Crippen LogP contribution in [-0.2, 0) is 0 Å². The molecule has 0 aliphatic rings. The van der Waals surface area contributed by atoms with Gasteiger partial charge in [0.1, 0.15) is 11.3 Å². The molecule has 3 rings (SSSR count). The van der Waals surface area contributed by atoms with E-state index in [0.717, 1.165) is 22.5 Å². The Bertz CT molecular complexity index is 772. The summed E-state index contributed by atoms with van der Waals surface area (Å²) >= 11 is 0. The van der Waals surface area contributed by atoms with E-state index in [0.29, 0.717) is 0 Å². The van der Waals surface area contributed by atoms with Crippen LogP contribution in [0.1, 0.15) is 0 Å². The summed E-state index contributed by atoms with van der Waals surface area (Å²) in [6.07, 6.45) is 0. The molecule has 0 aliphatic heterocycles. The molecule has 0 aliphatic carbocycles. The van der Waals surface area contributed by atoms with Crippen molar-refractivity contribution in [3.63, 3.8) is 0 Å². The van der Waals surface area contributed by atoms with Crippen LogP contribution >= 0.6 is 0 Å². The van der Waals surface area contributed by atoms with Gasteiger partial charge in [-0.15, -0.1) is 5.10 Å². The Hall–Kier alpha value is -2.14. The van der Waals surface area contributed by atoms with E-state index >= 15 is 0 Å². The quantitative estimate of drug-likeness (QED) is 0.698. The Morgan fingerprint density at radius 1 is 1.00 bits per heavy atom. The van der Waals surface area contributed by atoms with Gasteiger partial charge < -0.3 is 4.74 Å². The van der Waals surface area contributed by atoms with Crippen molar-refractivity contribution < 1.29 is 4.74 Å². The molecule has 21 heavy (non-hydrogen) atoms. The van der Waals surface area contributed by atoms with Gasteiger partial charge in [0, 0.05) is 0 Å². The van der Waals surface area contributed by atoms with Crippen LogP contribution in [0.3, 0.4) is 0 Å². The summed E-state index contributed by atoms with van der Waals surface area (Å²) < 4.78 is 7.15. The first-order chi connectivity index (χ1) is 10.0. The lowest BCUT2D eigenvalue weighted by atomic mass is 10.2. The molecule has 2 aromatic carbocycles. The Morgan fingerprint density at radius 2 is 1.71 bits per heavy atom. The number of methoxy groups -OCH3 is 1. The number of aromatic nitrogens is 3. The fourth-order valence-electron chi connectivity index (χ4n) is 2.48. The van der Waals surface area contributed by atoms with Gasteiger partial charge in [-0.05, 0) is 35.5 Å². The van der Waals surface area contributed by atoms with Crippen molar-refractivity contribution in [2.24, 2.45) is 0 Å². The van der Waals surface area contributed by atoms with Gasteiger partial charge in [0.15, 0.2) is 0 Å². The zero-order chi connectivity index (χ0) is 15.0. The lowest BCUT2D eigenvalue weighted by Gasteiger charge is -2.18. The Morgan fingerprint density at radius 3 is 2.33 bits per heavy atom. The molecule has 0 saturated carbocycles. The minimum atomic E-state index is -1.47. The monoisotopic (exact) mass is 297 g/mol. The van der Waals surface area contributed by atoms with Crippen molar-refractivity contribution >= 4 is 24.3 Å². The van der Waals surface area contributed by atoms with Crippen molar-refractivity contribution in [3.8, 4) is 11.4 Å². The summed E-state index contributed by atoms with van der Waals surface area (Å²) in [4.78, 5) is 0. The molecule has 4 nitrogen and oxygen atoms in total. The highest BCUT2D eigenvalue weighted by Gasteiger charge is 2.22. The third-order valence-corrected chi connectivity index (χ3v) is 5.61. The number of rotatable bonds is 3. The summed E-state index contributed by atoms with van der Waals surface area (Å²) in [5.41, 5.74) is 3.08. The lowest BCUT2D eigenvalue weighted by Crippen LogP contribution is -2.38. The summed E-state index contributed by atoms with van der Waals surface area (Å²) in [5, 5.41) is 10.0. The van der Waals surface area contributed by atoms with Crippen LogP contribution in [0.2, 0.25) is 19.6 Å². The van der Waals surface area contributed by atoms with Gasteiger partial charge in [-0.2, -0.15) is 0 Å². The molecule has 0 saturated heterocycles. The maximum absolute atomic E-state index is 5.21. The van der Waals surface area contributed by atoms with Crippen molar-refractivity contribution in [3.05, 3.63) is 42.5 Å². The Balaban J connectivity index is 2.23. The highest BCUT2D eigenvalue weighted by molar-refractivity contribution is 6.90. The normalized spacial score (nSPS) is 11.8. The van der Waals surface area contributed by atoms with Gasteiger partial charge >= 0.3 is 0 Å². The second-order valence-corrected chi connectivity index (χ2v) is 11.2. The molecule has 1 heterocycles. The first kappa shape index (κ1) is 13.8. The minimum absolute atomic E-state index is 0.841. The van der Waals surface area contributed by atoms with E-state index in [1.54, 1.807) is 7.11 Å². The number of fused-ring (bicyclic) bond motifs is 1. The number of benzene rings is 2. The van der Waals surface area contributed by atoms with E-state index in [1.807, 2.05) is 35.0 Å². The van der Waals surface area contributed by atoms with Crippen LogP contribution in [-0.4, -0.2) is 30.2 Å². The van der Waals surface area contributed by atoms with Crippen LogP contribution < -0.4 is 9.92 Å². The van der Waals surface area contributed by atoms with Crippen molar-refractivity contribution in [2.45, 2.75) is 19.6 Å². The molecule has 1 aromatic heterocycles. The van der Waals surface area contributed by atoms with Crippen LogP contribution in [0.4, 0.5) is 0 Å². The molecular formula is C16H19N3OSi. The zero-order valence-electron chi connectivity index (χ0n) is 12.8. The van der Waals surface area contributed by atoms with E-state index in [-0.39, 0.29) is 0 Å². The summed E-state index contributed by atoms with van der Waals surface area (Å²) in [6.45, 7) is 7.02. The fourth-order valence-corrected chi connectivity index (χ4v) is 4.02. The molecule has 0 radical (unpaired) electrons. The number of hydrogen-bond donors (Lipinski definition) is 0. The van der Waals surface area contributed by atoms with Crippen LogP contribution in [0.25, 0.3) is 16.7 Å². The molecule has 0 spiro atoms. The minimum Gasteiger partial charge on any atom is -0.497 e. The molecule has 0 N–H and O–H groups in total. The van der Waals surface area contributed by atoms with Crippen molar-refractivity contribution in [1.82, 2.24) is 15.0 Å². The maximum Gasteiger partial charge on any atom is 0.119 e. The third-order valence-electron chi connectivity index (χ3n) is 3.59. The van der Waals surface area contributed by atoms with Crippen LogP contribution in [0.15, 0.2) is 42.5 Å². The number of ether oxygens (including phenoxy) is 1. The molecule has 5 heteroatoms. The first-order valence-corrected chi connectivity index (χ1v) is 10.5. The molecule has 0 unspecified atom stereocenters. The third kappa shape index (κ3) is 2.44. The molecule has 0 atom stereocenters. The molecule has 0 fully saturated rings. The Labute approximate surface area is 125 Å². The van der Waals surface area contributed by atoms with Gasteiger partial charge in [-0.3, -0.25) is 0 Å². The fraction of sp³-hybridized carbons (Fsp3) is 0.250. The molecule has 108 valence electrons. The van der Waals surface area contributed by atoms with Crippen LogP contribution in [0.5, 0.6) is 5.75 Å². The first-order valence-electron chi connectivity index (χ1n) is 7.00. The standard InChI is InChI=1S/C16H19N3OSi/c1-20-13-10-8-12(9-11-13)19-16-14(17-18-19)6-5-7-15(16)21(2,3)4/h5-11H,1-4H3. The van der Waals surface area contributed by atoms with E-state index in [4.69, 9.17) is 4.74 Å². The second kappa shape index (κ2) is 5.00. The topological polar surface area (TPSA) is 39.9 Å². The second-order valence-electron chi connectivity index (χ2n) is 6.12. The predicted octanol–water partition coefficient (Wildman–Crippen LogP) is 2.97. The lowest BCUT2D eigenvalue weighted by molar-refractivity contribution is 0.414. The van der Waals surface area contributed by atoms with Gasteiger partial charge in [0.05, 0.1) is 26.4 Å². The van der Waals surface area contributed by atoms with Gasteiger partial charge in [0.25, 0.3) is 0 Å². The number of para-hydroxylation sites is 1. The highest BCUT2D eigenvalue weighted by atomic mass is 28.3. The molecule has 3 aromatic rings. The van der Waals surface area contributed by atoms with Gasteiger partial charge in [-0.25, -0.2) is 4.68 Å². The average molecular weight is 297 g/mol. The maximum atomic E-state index is 5.21.